The Morgan fingerprint density at radius 1 is 1.16 bits per heavy atom. The second-order valence-corrected chi connectivity index (χ2v) is 5.12. The predicted molar refractivity (Wildman–Crippen MR) is 77.9 cm³/mol. The van der Waals surface area contributed by atoms with Crippen LogP contribution in [0.2, 0.25) is 0 Å². The van der Waals surface area contributed by atoms with E-state index in [2.05, 4.69) is 10.3 Å². The van der Waals surface area contributed by atoms with Crippen LogP contribution in [0.5, 0.6) is 0 Å². The van der Waals surface area contributed by atoms with E-state index >= 15 is 0 Å². The summed E-state index contributed by atoms with van der Waals surface area (Å²) in [5, 5.41) is 1.78. The molecule has 0 spiro atoms. The van der Waals surface area contributed by atoms with Gasteiger partial charge in [0.2, 0.25) is 0 Å². The zero-order valence-electron chi connectivity index (χ0n) is 11.6. The molecule has 0 aliphatic carbocycles. The maximum absolute atomic E-state index is 12.0. The summed E-state index contributed by atoms with van der Waals surface area (Å²) in [7, 11) is 1.87. The molecule has 0 saturated carbocycles. The molecule has 4 nitrogen and oxygen atoms in total. The van der Waals surface area contributed by atoms with Crippen molar-refractivity contribution in [3.63, 3.8) is 0 Å². The molecule has 1 aliphatic rings. The number of carbonyl (C=O) groups is 1. The van der Waals surface area contributed by atoms with Gasteiger partial charge in [-0.1, -0.05) is 31.0 Å². The van der Waals surface area contributed by atoms with Crippen molar-refractivity contribution in [3.05, 3.63) is 30.3 Å². The van der Waals surface area contributed by atoms with Crippen LogP contribution in [0.4, 0.5) is 5.69 Å². The molecule has 0 aromatic heterocycles. The fourth-order valence-corrected chi connectivity index (χ4v) is 2.44. The average molecular weight is 261 g/mol. The van der Waals surface area contributed by atoms with Crippen molar-refractivity contribution >= 4 is 11.6 Å². The Balaban J connectivity index is 1.80. The normalized spacial score (nSPS) is 16.7. The van der Waals surface area contributed by atoms with Crippen LogP contribution in [0.25, 0.3) is 0 Å². The minimum atomic E-state index is 0.0632. The molecule has 0 radical (unpaired) electrons. The monoisotopic (exact) mass is 261 g/mol. The van der Waals surface area contributed by atoms with Crippen LogP contribution in [0.1, 0.15) is 25.7 Å². The molecule has 1 N–H and O–H groups in total. The molecule has 0 atom stereocenters. The summed E-state index contributed by atoms with van der Waals surface area (Å²) < 4.78 is 0. The third-order valence-corrected chi connectivity index (χ3v) is 3.50. The molecule has 1 aromatic rings. The number of likely N-dealkylation sites (tertiary alicyclic amines) is 1. The maximum atomic E-state index is 12.0. The fraction of sp³-hybridized carbons (Fsp3) is 0.533. The molecule has 2 rings (SSSR count). The van der Waals surface area contributed by atoms with Crippen LogP contribution in [-0.4, -0.2) is 37.5 Å². The van der Waals surface area contributed by atoms with Gasteiger partial charge >= 0.3 is 0 Å². The Bertz CT molecular complexity index is 386. The van der Waals surface area contributed by atoms with Crippen LogP contribution >= 0.6 is 0 Å². The van der Waals surface area contributed by atoms with Crippen LogP contribution < -0.4 is 10.4 Å². The fourth-order valence-electron chi connectivity index (χ4n) is 2.44. The average Bonchev–Trinajstić information content (AvgIpc) is 2.68. The van der Waals surface area contributed by atoms with Gasteiger partial charge in [-0.25, -0.2) is 0 Å². The largest absolute Gasteiger partial charge is 0.294 e. The van der Waals surface area contributed by atoms with Crippen molar-refractivity contribution in [1.82, 2.24) is 10.3 Å². The van der Waals surface area contributed by atoms with E-state index in [1.165, 1.54) is 25.7 Å². The van der Waals surface area contributed by atoms with Crippen LogP contribution in [0, 0.1) is 0 Å². The summed E-state index contributed by atoms with van der Waals surface area (Å²) in [4.78, 5) is 14.3. The first-order valence-corrected chi connectivity index (χ1v) is 7.06. The van der Waals surface area contributed by atoms with Crippen molar-refractivity contribution in [2.24, 2.45) is 0 Å². The molecular formula is C15H23N3O. The van der Waals surface area contributed by atoms with Crippen molar-refractivity contribution < 1.29 is 4.79 Å². The SMILES string of the molecule is CN(NC(=O)CN1CCCCCC1)c1ccccc1. The second kappa shape index (κ2) is 7.14. The molecule has 0 unspecified atom stereocenters. The minimum absolute atomic E-state index is 0.0632. The summed E-state index contributed by atoms with van der Waals surface area (Å²) in [6, 6.07) is 9.86. The molecule has 4 heteroatoms. The van der Waals surface area contributed by atoms with E-state index in [1.54, 1.807) is 5.01 Å². The molecule has 1 fully saturated rings. The van der Waals surface area contributed by atoms with Crippen LogP contribution in [-0.2, 0) is 4.79 Å². The van der Waals surface area contributed by atoms with E-state index in [4.69, 9.17) is 0 Å². The van der Waals surface area contributed by atoms with Crippen molar-refractivity contribution in [1.29, 1.82) is 0 Å². The molecule has 1 saturated heterocycles. The Labute approximate surface area is 115 Å². The number of rotatable bonds is 4. The number of amides is 1. The van der Waals surface area contributed by atoms with E-state index in [0.717, 1.165) is 18.8 Å². The first-order valence-electron chi connectivity index (χ1n) is 7.06. The van der Waals surface area contributed by atoms with E-state index in [1.807, 2.05) is 37.4 Å². The highest BCUT2D eigenvalue weighted by atomic mass is 16.2. The molecule has 0 bridgehead atoms. The predicted octanol–water partition coefficient (Wildman–Crippen LogP) is 2.03. The Hall–Kier alpha value is -1.55. The smallest absolute Gasteiger partial charge is 0.252 e. The van der Waals surface area contributed by atoms with Gasteiger partial charge in [0.15, 0.2) is 0 Å². The van der Waals surface area contributed by atoms with Crippen molar-refractivity contribution in [2.75, 3.05) is 31.7 Å². The molecule has 1 heterocycles. The number of hydrogen-bond donors (Lipinski definition) is 1. The number of hydrogen-bond acceptors (Lipinski definition) is 3. The summed E-state index contributed by atoms with van der Waals surface area (Å²) in [6.45, 7) is 2.59. The van der Waals surface area contributed by atoms with Gasteiger partial charge in [-0.05, 0) is 38.1 Å². The molecule has 1 amide bonds. The Morgan fingerprint density at radius 3 is 2.42 bits per heavy atom. The van der Waals surface area contributed by atoms with E-state index < -0.39 is 0 Å². The topological polar surface area (TPSA) is 35.6 Å². The second-order valence-electron chi connectivity index (χ2n) is 5.12. The number of para-hydroxylation sites is 1. The summed E-state index contributed by atoms with van der Waals surface area (Å²) >= 11 is 0. The molecular weight excluding hydrogens is 238 g/mol. The van der Waals surface area contributed by atoms with Gasteiger partial charge in [-0.3, -0.25) is 20.1 Å². The number of benzene rings is 1. The summed E-state index contributed by atoms with van der Waals surface area (Å²) in [5.41, 5.74) is 3.91. The van der Waals surface area contributed by atoms with Crippen molar-refractivity contribution in [2.45, 2.75) is 25.7 Å². The lowest BCUT2D eigenvalue weighted by molar-refractivity contribution is -0.122. The molecule has 19 heavy (non-hydrogen) atoms. The van der Waals surface area contributed by atoms with E-state index in [0.29, 0.717) is 6.54 Å². The number of hydrazine groups is 1. The highest BCUT2D eigenvalue weighted by Gasteiger charge is 2.13. The third-order valence-electron chi connectivity index (χ3n) is 3.50. The van der Waals surface area contributed by atoms with Gasteiger partial charge in [-0.2, -0.15) is 0 Å². The van der Waals surface area contributed by atoms with Crippen LogP contribution in [0.15, 0.2) is 30.3 Å². The first-order chi connectivity index (χ1) is 9.25. The Kier molecular flexibility index (Phi) is 5.21. The number of nitrogens with one attached hydrogen (secondary N) is 1. The highest BCUT2D eigenvalue weighted by molar-refractivity contribution is 5.79. The number of nitrogens with zero attached hydrogens (tertiary/aromatic N) is 2. The van der Waals surface area contributed by atoms with Gasteiger partial charge in [-0.15, -0.1) is 0 Å². The van der Waals surface area contributed by atoms with Crippen LogP contribution in [0.3, 0.4) is 0 Å². The van der Waals surface area contributed by atoms with Gasteiger partial charge in [0, 0.05) is 7.05 Å². The lowest BCUT2D eigenvalue weighted by atomic mass is 10.2. The van der Waals surface area contributed by atoms with E-state index in [9.17, 15) is 4.79 Å². The maximum Gasteiger partial charge on any atom is 0.252 e. The molecule has 1 aromatic carbocycles. The minimum Gasteiger partial charge on any atom is -0.294 e. The first kappa shape index (κ1) is 13.9. The summed E-state index contributed by atoms with van der Waals surface area (Å²) in [5.74, 6) is 0.0632. The van der Waals surface area contributed by atoms with Gasteiger partial charge in [0.25, 0.3) is 5.91 Å². The lowest BCUT2D eigenvalue weighted by Crippen LogP contribution is -2.45. The van der Waals surface area contributed by atoms with Crippen molar-refractivity contribution in [3.8, 4) is 0 Å². The lowest BCUT2D eigenvalue weighted by Gasteiger charge is -2.23. The van der Waals surface area contributed by atoms with Gasteiger partial charge in [0.05, 0.1) is 12.2 Å². The standard InChI is InChI=1S/C15H23N3O/c1-17(14-9-5-4-6-10-14)16-15(19)13-18-11-7-2-3-8-12-18/h4-6,9-10H,2-3,7-8,11-13H2,1H3,(H,16,19). The molecule has 104 valence electrons. The number of anilines is 1. The van der Waals surface area contributed by atoms with Gasteiger partial charge in [0.1, 0.15) is 0 Å². The zero-order valence-corrected chi connectivity index (χ0v) is 11.6. The highest BCUT2D eigenvalue weighted by Crippen LogP contribution is 2.10. The van der Waals surface area contributed by atoms with Gasteiger partial charge < -0.3 is 0 Å². The summed E-state index contributed by atoms with van der Waals surface area (Å²) in [6.07, 6.45) is 5.01. The van der Waals surface area contributed by atoms with E-state index in [-0.39, 0.29) is 5.91 Å². The third kappa shape index (κ3) is 4.56. The Morgan fingerprint density at radius 2 is 1.79 bits per heavy atom. The zero-order chi connectivity index (χ0) is 13.5. The quantitative estimate of drug-likeness (QED) is 0.842. The number of carbonyl (C=O) groups excluding carboxylic acids is 1. The molecule has 1 aliphatic heterocycles.